The van der Waals surface area contributed by atoms with Gasteiger partial charge in [-0.3, -0.25) is 4.79 Å². The number of anilines is 1. The number of nitrogens with zero attached hydrogens (tertiary/aromatic N) is 3. The normalized spacial score (nSPS) is 10.8. The maximum absolute atomic E-state index is 12.9. The van der Waals surface area contributed by atoms with Crippen molar-refractivity contribution < 1.29 is 4.79 Å². The SMILES string of the molecule is Cc1ccc(-c2nc(C(=O)Nc3ccc(C)c(C)c3)nn2-c2ccccc2C)cc1. The first kappa shape index (κ1) is 19.6. The average Bonchev–Trinajstić information content (AvgIpc) is 3.17. The van der Waals surface area contributed by atoms with Crippen molar-refractivity contribution in [2.24, 2.45) is 0 Å². The highest BCUT2D eigenvalue weighted by Gasteiger charge is 2.20. The highest BCUT2D eigenvalue weighted by atomic mass is 16.2. The highest BCUT2D eigenvalue weighted by molar-refractivity contribution is 6.01. The van der Waals surface area contributed by atoms with E-state index in [4.69, 9.17) is 0 Å². The number of nitrogens with one attached hydrogen (secondary N) is 1. The molecule has 0 aliphatic heterocycles. The van der Waals surface area contributed by atoms with E-state index < -0.39 is 0 Å². The van der Waals surface area contributed by atoms with Crippen LogP contribution in [0.1, 0.15) is 32.9 Å². The van der Waals surface area contributed by atoms with Gasteiger partial charge in [0.2, 0.25) is 5.82 Å². The smallest absolute Gasteiger partial charge is 0.295 e. The Morgan fingerprint density at radius 3 is 2.27 bits per heavy atom. The molecule has 5 heteroatoms. The van der Waals surface area contributed by atoms with Crippen LogP contribution in [0.15, 0.2) is 66.7 Å². The minimum absolute atomic E-state index is 0.132. The van der Waals surface area contributed by atoms with Crippen LogP contribution < -0.4 is 5.32 Å². The Bertz CT molecular complexity index is 1220. The molecule has 0 radical (unpaired) electrons. The molecule has 1 N–H and O–H groups in total. The summed E-state index contributed by atoms with van der Waals surface area (Å²) in [6, 6.07) is 21.8. The van der Waals surface area contributed by atoms with E-state index in [0.717, 1.165) is 33.6 Å². The first-order valence-electron chi connectivity index (χ1n) is 9.91. The van der Waals surface area contributed by atoms with Crippen molar-refractivity contribution >= 4 is 11.6 Å². The number of amides is 1. The average molecular weight is 396 g/mol. The Labute approximate surface area is 176 Å². The zero-order valence-corrected chi connectivity index (χ0v) is 17.6. The molecule has 1 heterocycles. The molecule has 4 rings (SSSR count). The third kappa shape index (κ3) is 3.87. The summed E-state index contributed by atoms with van der Waals surface area (Å²) in [7, 11) is 0. The van der Waals surface area contributed by atoms with Gasteiger partial charge in [0.05, 0.1) is 5.69 Å². The Morgan fingerprint density at radius 2 is 1.57 bits per heavy atom. The molecule has 0 saturated heterocycles. The Morgan fingerprint density at radius 1 is 0.833 bits per heavy atom. The predicted octanol–water partition coefficient (Wildman–Crippen LogP) is 5.42. The molecule has 0 unspecified atom stereocenters. The predicted molar refractivity (Wildman–Crippen MR) is 120 cm³/mol. The van der Waals surface area contributed by atoms with Crippen molar-refractivity contribution in [1.29, 1.82) is 0 Å². The fourth-order valence-electron chi connectivity index (χ4n) is 3.27. The van der Waals surface area contributed by atoms with Crippen LogP contribution in [-0.2, 0) is 0 Å². The molecule has 0 aliphatic rings. The molecule has 0 aliphatic carbocycles. The summed E-state index contributed by atoms with van der Waals surface area (Å²) >= 11 is 0. The van der Waals surface area contributed by atoms with Crippen LogP contribution in [0, 0.1) is 27.7 Å². The lowest BCUT2D eigenvalue weighted by Gasteiger charge is -2.09. The molecule has 4 aromatic rings. The molecule has 0 spiro atoms. The molecule has 30 heavy (non-hydrogen) atoms. The van der Waals surface area contributed by atoms with Crippen LogP contribution in [0.2, 0.25) is 0 Å². The van der Waals surface area contributed by atoms with E-state index in [1.165, 1.54) is 5.56 Å². The fourth-order valence-corrected chi connectivity index (χ4v) is 3.27. The molecule has 0 saturated carbocycles. The van der Waals surface area contributed by atoms with Crippen molar-refractivity contribution in [3.05, 3.63) is 94.8 Å². The lowest BCUT2D eigenvalue weighted by Crippen LogP contribution is -2.14. The maximum atomic E-state index is 12.9. The molecule has 0 bridgehead atoms. The Balaban J connectivity index is 1.76. The molecule has 0 fully saturated rings. The van der Waals surface area contributed by atoms with Gasteiger partial charge >= 0.3 is 0 Å². The van der Waals surface area contributed by atoms with Gasteiger partial charge in [0, 0.05) is 11.3 Å². The summed E-state index contributed by atoms with van der Waals surface area (Å²) in [4.78, 5) is 17.5. The van der Waals surface area contributed by atoms with E-state index in [9.17, 15) is 4.79 Å². The third-order valence-corrected chi connectivity index (χ3v) is 5.23. The summed E-state index contributed by atoms with van der Waals surface area (Å²) in [5.41, 5.74) is 7.04. The number of aryl methyl sites for hydroxylation is 4. The summed E-state index contributed by atoms with van der Waals surface area (Å²) in [5.74, 6) is 0.431. The lowest BCUT2D eigenvalue weighted by atomic mass is 10.1. The van der Waals surface area contributed by atoms with Crippen LogP contribution in [0.4, 0.5) is 5.69 Å². The van der Waals surface area contributed by atoms with Crippen LogP contribution in [-0.4, -0.2) is 20.7 Å². The molecule has 150 valence electrons. The number of benzene rings is 3. The van der Waals surface area contributed by atoms with Gasteiger partial charge in [-0.15, -0.1) is 5.10 Å². The second kappa shape index (κ2) is 7.95. The molecule has 3 aromatic carbocycles. The molecular weight excluding hydrogens is 372 g/mol. The Kier molecular flexibility index (Phi) is 5.19. The molecular formula is C25H24N4O. The van der Waals surface area contributed by atoms with E-state index in [1.807, 2.05) is 94.4 Å². The summed E-state index contributed by atoms with van der Waals surface area (Å²) < 4.78 is 1.75. The number of para-hydroxylation sites is 1. The van der Waals surface area contributed by atoms with Gasteiger partial charge in [-0.1, -0.05) is 54.1 Å². The largest absolute Gasteiger partial charge is 0.319 e. The van der Waals surface area contributed by atoms with Gasteiger partial charge in [-0.05, 0) is 62.6 Å². The third-order valence-electron chi connectivity index (χ3n) is 5.23. The molecule has 5 nitrogen and oxygen atoms in total. The van der Waals surface area contributed by atoms with Crippen LogP contribution >= 0.6 is 0 Å². The first-order chi connectivity index (χ1) is 14.4. The van der Waals surface area contributed by atoms with E-state index in [1.54, 1.807) is 4.68 Å². The number of rotatable bonds is 4. The van der Waals surface area contributed by atoms with Gasteiger partial charge in [-0.25, -0.2) is 9.67 Å². The van der Waals surface area contributed by atoms with Gasteiger partial charge in [0.25, 0.3) is 5.91 Å². The second-order valence-electron chi connectivity index (χ2n) is 7.58. The standard InChI is InChI=1S/C25H24N4O/c1-16-9-12-20(13-10-16)24-27-23(28-29(24)22-8-6-5-7-18(22)3)25(30)26-21-14-11-17(2)19(4)15-21/h5-15H,1-4H3,(H,26,30). The summed E-state index contributed by atoms with van der Waals surface area (Å²) in [6.07, 6.45) is 0. The Hall–Kier alpha value is -3.73. The van der Waals surface area contributed by atoms with Crippen molar-refractivity contribution in [2.45, 2.75) is 27.7 Å². The van der Waals surface area contributed by atoms with Gasteiger partial charge < -0.3 is 5.32 Å². The zero-order chi connectivity index (χ0) is 21.3. The van der Waals surface area contributed by atoms with Gasteiger partial charge in [0.1, 0.15) is 0 Å². The lowest BCUT2D eigenvalue weighted by molar-refractivity contribution is 0.101. The van der Waals surface area contributed by atoms with Crippen molar-refractivity contribution in [3.8, 4) is 17.1 Å². The number of aromatic nitrogens is 3. The van der Waals surface area contributed by atoms with Crippen molar-refractivity contribution in [1.82, 2.24) is 14.8 Å². The highest BCUT2D eigenvalue weighted by Crippen LogP contribution is 2.24. The van der Waals surface area contributed by atoms with Crippen LogP contribution in [0.5, 0.6) is 0 Å². The minimum Gasteiger partial charge on any atom is -0.319 e. The molecule has 1 aromatic heterocycles. The van der Waals surface area contributed by atoms with Crippen LogP contribution in [0.3, 0.4) is 0 Å². The second-order valence-corrected chi connectivity index (χ2v) is 7.58. The topological polar surface area (TPSA) is 59.8 Å². The van der Waals surface area contributed by atoms with Crippen LogP contribution in [0.25, 0.3) is 17.1 Å². The molecule has 1 amide bonds. The van der Waals surface area contributed by atoms with E-state index in [-0.39, 0.29) is 11.7 Å². The van der Waals surface area contributed by atoms with Crippen molar-refractivity contribution in [3.63, 3.8) is 0 Å². The van der Waals surface area contributed by atoms with Gasteiger partial charge in [0.15, 0.2) is 5.82 Å². The monoisotopic (exact) mass is 396 g/mol. The quantitative estimate of drug-likeness (QED) is 0.501. The number of carbonyl (C=O) groups is 1. The number of carbonyl (C=O) groups excluding carboxylic acids is 1. The zero-order valence-electron chi connectivity index (χ0n) is 17.6. The van der Waals surface area contributed by atoms with Crippen molar-refractivity contribution in [2.75, 3.05) is 5.32 Å². The number of hydrogen-bond donors (Lipinski definition) is 1. The maximum Gasteiger partial charge on any atom is 0.295 e. The summed E-state index contributed by atoms with van der Waals surface area (Å²) in [5, 5.41) is 7.49. The molecule has 0 atom stereocenters. The number of hydrogen-bond acceptors (Lipinski definition) is 3. The van der Waals surface area contributed by atoms with Gasteiger partial charge in [-0.2, -0.15) is 0 Å². The first-order valence-corrected chi connectivity index (χ1v) is 9.91. The fraction of sp³-hybridized carbons (Fsp3) is 0.160. The van der Waals surface area contributed by atoms with E-state index in [0.29, 0.717) is 5.82 Å². The summed E-state index contributed by atoms with van der Waals surface area (Å²) in [6.45, 7) is 8.12. The minimum atomic E-state index is -0.334. The van der Waals surface area contributed by atoms with E-state index >= 15 is 0 Å². The van der Waals surface area contributed by atoms with E-state index in [2.05, 4.69) is 15.4 Å².